The number of nitrogens with one attached hydrogen (secondary N) is 2. The van der Waals surface area contributed by atoms with Crippen LogP contribution in [0.15, 0.2) is 91.3 Å². The van der Waals surface area contributed by atoms with E-state index >= 15 is 0 Å². The smallest absolute Gasteiger partial charge is 0.306 e. The topological polar surface area (TPSA) is 136 Å². The van der Waals surface area contributed by atoms with Gasteiger partial charge in [0.1, 0.15) is 0 Å². The predicted molar refractivity (Wildman–Crippen MR) is 146 cm³/mol. The van der Waals surface area contributed by atoms with Crippen molar-refractivity contribution in [3.05, 3.63) is 113 Å². The number of halogens is 1. The van der Waals surface area contributed by atoms with Gasteiger partial charge in [0.15, 0.2) is 5.65 Å². The Morgan fingerprint density at radius 1 is 0.974 bits per heavy atom. The van der Waals surface area contributed by atoms with Gasteiger partial charge in [-0.25, -0.2) is 17.4 Å². The maximum Gasteiger partial charge on any atom is 0.306 e. The molecule has 12 heteroatoms. The number of nitrogens with zero attached hydrogens (tertiary/aromatic N) is 4. The molecule has 6 rings (SSSR count). The first-order chi connectivity index (χ1) is 18.8. The fourth-order valence-electron chi connectivity index (χ4n) is 4.46. The maximum atomic E-state index is 13.9. The normalized spacial score (nSPS) is 11.7. The second-order valence-electron chi connectivity index (χ2n) is 8.78. The summed E-state index contributed by atoms with van der Waals surface area (Å²) in [7, 11) is -3.89. The molecule has 10 nitrogen and oxygen atoms in total. The number of hydrogen-bond donors (Lipinski definition) is 2. The number of nitro groups is 1. The zero-order chi connectivity index (χ0) is 27.1. The van der Waals surface area contributed by atoms with E-state index in [1.807, 2.05) is 24.3 Å². The Kier molecular flexibility index (Phi) is 5.80. The van der Waals surface area contributed by atoms with Crippen LogP contribution in [0.1, 0.15) is 5.56 Å². The van der Waals surface area contributed by atoms with Crippen molar-refractivity contribution >= 4 is 49.3 Å². The summed E-state index contributed by atoms with van der Waals surface area (Å²) in [5.74, 6) is -1.25. The molecule has 0 aliphatic carbocycles. The first-order valence-corrected chi connectivity index (χ1v) is 13.3. The van der Waals surface area contributed by atoms with Crippen LogP contribution in [0.5, 0.6) is 0 Å². The molecule has 3 aromatic heterocycles. The van der Waals surface area contributed by atoms with Gasteiger partial charge in [-0.3, -0.25) is 10.1 Å². The van der Waals surface area contributed by atoms with Gasteiger partial charge in [0.25, 0.3) is 0 Å². The molecule has 0 saturated carbocycles. The van der Waals surface area contributed by atoms with Gasteiger partial charge in [0.2, 0.25) is 21.8 Å². The lowest BCUT2D eigenvalue weighted by molar-refractivity contribution is -0.387. The summed E-state index contributed by atoms with van der Waals surface area (Å²) in [4.78, 5) is 22.7. The molecule has 0 saturated heterocycles. The second-order valence-corrected chi connectivity index (χ2v) is 10.6. The van der Waals surface area contributed by atoms with Gasteiger partial charge < -0.3 is 10.3 Å². The van der Waals surface area contributed by atoms with Crippen molar-refractivity contribution < 1.29 is 17.7 Å². The summed E-state index contributed by atoms with van der Waals surface area (Å²) in [5.41, 5.74) is 2.21. The van der Waals surface area contributed by atoms with Gasteiger partial charge in [-0.2, -0.15) is 9.37 Å². The predicted octanol–water partition coefficient (Wildman–Crippen LogP) is 5.75. The number of H-pyrrole nitrogens is 1. The second kappa shape index (κ2) is 9.33. The first-order valence-electron chi connectivity index (χ1n) is 11.7. The highest BCUT2D eigenvalue weighted by molar-refractivity contribution is 7.89. The van der Waals surface area contributed by atoms with Crippen LogP contribution in [0, 0.1) is 15.9 Å². The highest BCUT2D eigenvalue weighted by atomic mass is 32.2. The number of aromatic nitrogens is 4. The van der Waals surface area contributed by atoms with Crippen LogP contribution < -0.4 is 5.32 Å². The Hall–Kier alpha value is -5.10. The highest BCUT2D eigenvalue weighted by Crippen LogP contribution is 2.35. The van der Waals surface area contributed by atoms with Gasteiger partial charge in [0.05, 0.1) is 16.4 Å². The van der Waals surface area contributed by atoms with E-state index in [0.29, 0.717) is 22.2 Å². The van der Waals surface area contributed by atoms with E-state index in [4.69, 9.17) is 0 Å². The molecule has 0 radical (unpaired) electrons. The van der Waals surface area contributed by atoms with Crippen molar-refractivity contribution in [2.75, 3.05) is 5.32 Å². The standard InChI is InChI=1S/C27H19FN6O4S/c28-22-11-10-18(14-24(22)34(35)36)30-27-31-25(21-15-29-23-9-5-4-8-19(21)23)20-12-13-33(26(20)32-27)39(37,38)16-17-6-2-1-3-7-17/h1-15,29H,16H2,(H,30,31,32). The Labute approximate surface area is 221 Å². The Bertz CT molecular complexity index is 1990. The molecule has 0 unspecified atom stereocenters. The van der Waals surface area contributed by atoms with Crippen molar-refractivity contribution in [3.8, 4) is 11.3 Å². The quantitative estimate of drug-likeness (QED) is 0.194. The molecule has 0 spiro atoms. The molecule has 0 aliphatic rings. The van der Waals surface area contributed by atoms with Crippen molar-refractivity contribution in [2.45, 2.75) is 5.75 Å². The molecule has 194 valence electrons. The largest absolute Gasteiger partial charge is 0.360 e. The first kappa shape index (κ1) is 24.2. The van der Waals surface area contributed by atoms with Crippen molar-refractivity contribution in [1.29, 1.82) is 0 Å². The van der Waals surface area contributed by atoms with E-state index in [9.17, 15) is 22.9 Å². The van der Waals surface area contributed by atoms with Crippen LogP contribution in [0.2, 0.25) is 0 Å². The lowest BCUT2D eigenvalue weighted by Crippen LogP contribution is -2.15. The third-order valence-corrected chi connectivity index (χ3v) is 7.84. The summed E-state index contributed by atoms with van der Waals surface area (Å²) < 4.78 is 42.0. The number of hydrogen-bond acceptors (Lipinski definition) is 7. The van der Waals surface area contributed by atoms with Crippen LogP contribution in [0.25, 0.3) is 33.2 Å². The minimum absolute atomic E-state index is 0.0152. The molecule has 39 heavy (non-hydrogen) atoms. The summed E-state index contributed by atoms with van der Waals surface area (Å²) in [6.45, 7) is 0. The van der Waals surface area contributed by atoms with Crippen molar-refractivity contribution in [3.63, 3.8) is 0 Å². The molecule has 0 atom stereocenters. The monoisotopic (exact) mass is 542 g/mol. The van der Waals surface area contributed by atoms with Crippen LogP contribution in [-0.4, -0.2) is 32.3 Å². The van der Waals surface area contributed by atoms with E-state index < -0.39 is 26.5 Å². The van der Waals surface area contributed by atoms with Gasteiger partial charge in [0, 0.05) is 46.0 Å². The zero-order valence-electron chi connectivity index (χ0n) is 20.1. The van der Waals surface area contributed by atoms with Crippen LogP contribution in [0.4, 0.5) is 21.7 Å². The summed E-state index contributed by atoms with van der Waals surface area (Å²) >= 11 is 0. The molecule has 0 bridgehead atoms. The number of fused-ring (bicyclic) bond motifs is 2. The van der Waals surface area contributed by atoms with E-state index in [1.165, 1.54) is 12.3 Å². The number of rotatable bonds is 7. The third-order valence-electron chi connectivity index (χ3n) is 6.25. The molecule has 2 N–H and O–H groups in total. The van der Waals surface area contributed by atoms with Gasteiger partial charge in [-0.05, 0) is 29.8 Å². The van der Waals surface area contributed by atoms with Gasteiger partial charge >= 0.3 is 5.69 Å². The van der Waals surface area contributed by atoms with Crippen LogP contribution in [-0.2, 0) is 15.8 Å². The fourth-order valence-corrected chi connectivity index (χ4v) is 5.86. The molecule has 3 heterocycles. The number of para-hydroxylation sites is 1. The van der Waals surface area contributed by atoms with E-state index in [-0.39, 0.29) is 23.0 Å². The van der Waals surface area contributed by atoms with Crippen LogP contribution in [0.3, 0.4) is 0 Å². The minimum atomic E-state index is -3.89. The SMILES string of the molecule is O=[N+]([O-])c1cc(Nc2nc(-c3c[nH]c4ccccc34)c3ccn(S(=O)(=O)Cc4ccccc4)c3n2)ccc1F. The van der Waals surface area contributed by atoms with Crippen molar-refractivity contribution in [1.82, 2.24) is 18.9 Å². The summed E-state index contributed by atoms with van der Waals surface area (Å²) in [5, 5.41) is 15.5. The zero-order valence-corrected chi connectivity index (χ0v) is 20.9. The van der Waals surface area contributed by atoms with E-state index in [1.54, 1.807) is 42.6 Å². The number of aromatic amines is 1. The fraction of sp³-hybridized carbons (Fsp3) is 0.0370. The highest BCUT2D eigenvalue weighted by Gasteiger charge is 2.23. The summed E-state index contributed by atoms with van der Waals surface area (Å²) in [6.07, 6.45) is 3.21. The minimum Gasteiger partial charge on any atom is -0.360 e. The lowest BCUT2D eigenvalue weighted by atomic mass is 10.1. The average molecular weight is 543 g/mol. The Morgan fingerprint density at radius 2 is 1.74 bits per heavy atom. The molecule has 0 fully saturated rings. The molecule has 0 amide bonds. The average Bonchev–Trinajstić information content (AvgIpc) is 3.55. The molecule has 6 aromatic rings. The van der Waals surface area contributed by atoms with Gasteiger partial charge in [-0.1, -0.05) is 48.5 Å². The molecular formula is C27H19FN6O4S. The number of benzene rings is 3. The number of nitro benzene ring substituents is 1. The number of anilines is 2. The molecule has 3 aromatic carbocycles. The third kappa shape index (κ3) is 4.46. The Morgan fingerprint density at radius 3 is 2.54 bits per heavy atom. The molecular weight excluding hydrogens is 523 g/mol. The van der Waals surface area contributed by atoms with E-state index in [0.717, 1.165) is 27.0 Å². The maximum absolute atomic E-state index is 13.9. The van der Waals surface area contributed by atoms with Crippen LogP contribution >= 0.6 is 0 Å². The lowest BCUT2D eigenvalue weighted by Gasteiger charge is -2.11. The van der Waals surface area contributed by atoms with E-state index in [2.05, 4.69) is 20.3 Å². The van der Waals surface area contributed by atoms with Crippen molar-refractivity contribution in [2.24, 2.45) is 0 Å². The van der Waals surface area contributed by atoms with Gasteiger partial charge in [-0.15, -0.1) is 0 Å². The molecule has 0 aliphatic heterocycles. The Balaban J connectivity index is 1.53. The summed E-state index contributed by atoms with van der Waals surface area (Å²) in [6, 6.07) is 21.3.